The Hall–Kier alpha value is 1.03. The summed E-state index contributed by atoms with van der Waals surface area (Å²) >= 11 is -0.128. The SMILES string of the molecule is C[CH2][Sn]([CH2]C)([CH2]C)[c]1csc(C)n1.[CH2-]CCC.[Li+]. The maximum absolute atomic E-state index is 4.71. The molecule has 0 N–H and O–H groups in total. The van der Waals surface area contributed by atoms with Crippen LogP contribution in [0, 0.1) is 13.8 Å². The first-order valence-corrected chi connectivity index (χ1v) is 15.2. The Balaban J connectivity index is 0. The first-order valence-electron chi connectivity index (χ1n) is 6.81. The second-order valence-corrected chi connectivity index (χ2v) is 20.3. The molecule has 0 fully saturated rings. The Labute approximate surface area is 134 Å². The molecule has 1 nitrogen and oxygen atoms in total. The van der Waals surface area contributed by atoms with E-state index in [0.29, 0.717) is 0 Å². The van der Waals surface area contributed by atoms with E-state index in [0.717, 1.165) is 6.42 Å². The molecule has 0 unspecified atom stereocenters. The van der Waals surface area contributed by atoms with Crippen molar-refractivity contribution in [3.63, 3.8) is 0 Å². The zero-order valence-corrected chi connectivity index (χ0v) is 16.8. The molecule has 0 saturated heterocycles. The van der Waals surface area contributed by atoms with Crippen molar-refractivity contribution in [2.24, 2.45) is 0 Å². The molecule has 0 aromatic carbocycles. The Kier molecular flexibility index (Phi) is 14.0. The minimum absolute atomic E-state index is 0. The van der Waals surface area contributed by atoms with Gasteiger partial charge in [0.15, 0.2) is 0 Å². The van der Waals surface area contributed by atoms with E-state index in [4.69, 9.17) is 4.98 Å². The fraction of sp³-hybridized carbons (Fsp3) is 0.714. The van der Waals surface area contributed by atoms with E-state index in [9.17, 15) is 0 Å². The molecule has 1 rings (SSSR count). The molecule has 0 radical (unpaired) electrons. The van der Waals surface area contributed by atoms with E-state index in [1.807, 2.05) is 11.3 Å². The summed E-state index contributed by atoms with van der Waals surface area (Å²) in [5.74, 6) is 0. The van der Waals surface area contributed by atoms with Crippen LogP contribution in [0.5, 0.6) is 0 Å². The fourth-order valence-corrected chi connectivity index (χ4v) is 14.1. The van der Waals surface area contributed by atoms with Gasteiger partial charge >= 0.3 is 109 Å². The number of unbranched alkanes of at least 4 members (excludes halogenated alkanes) is 1. The van der Waals surface area contributed by atoms with Gasteiger partial charge in [0.1, 0.15) is 0 Å². The molecule has 18 heavy (non-hydrogen) atoms. The molecule has 0 bridgehead atoms. The van der Waals surface area contributed by atoms with Crippen LogP contribution in [0.25, 0.3) is 0 Å². The van der Waals surface area contributed by atoms with Gasteiger partial charge in [-0.25, -0.2) is 0 Å². The number of hydrogen-bond acceptors (Lipinski definition) is 2. The summed E-state index contributed by atoms with van der Waals surface area (Å²) < 4.78 is 5.74. The van der Waals surface area contributed by atoms with Crippen molar-refractivity contribution in [3.05, 3.63) is 17.3 Å². The molecule has 4 heteroatoms. The molecule has 1 aromatic heterocycles. The number of aryl methyl sites for hydroxylation is 1. The van der Waals surface area contributed by atoms with Gasteiger partial charge in [0.05, 0.1) is 0 Å². The van der Waals surface area contributed by atoms with Crippen LogP contribution in [0.4, 0.5) is 0 Å². The summed E-state index contributed by atoms with van der Waals surface area (Å²) in [4.78, 5) is 4.71. The van der Waals surface area contributed by atoms with E-state index >= 15 is 0 Å². The van der Waals surface area contributed by atoms with Crippen molar-refractivity contribution in [2.45, 2.75) is 60.8 Å². The average Bonchev–Trinajstić information content (AvgIpc) is 2.80. The Bertz CT molecular complexity index is 287. The Morgan fingerprint density at radius 2 is 1.61 bits per heavy atom. The summed E-state index contributed by atoms with van der Waals surface area (Å²) in [7, 11) is 0. The molecular formula is C14H28LiNSSn. The largest absolute Gasteiger partial charge is 1.00 e. The van der Waals surface area contributed by atoms with E-state index in [1.54, 1.807) is 0 Å². The summed E-state index contributed by atoms with van der Waals surface area (Å²) in [6.07, 6.45) is 2.28. The third-order valence-electron chi connectivity index (χ3n) is 3.55. The molecule has 0 aliphatic heterocycles. The van der Waals surface area contributed by atoms with Crippen LogP contribution >= 0.6 is 11.3 Å². The number of nitrogens with zero attached hydrogens (tertiary/aromatic N) is 1. The smallest absolute Gasteiger partial charge is 0.343 e. The number of aromatic nitrogens is 1. The minimum Gasteiger partial charge on any atom is -0.343 e. The zero-order chi connectivity index (χ0) is 13.3. The zero-order valence-electron chi connectivity index (χ0n) is 13.2. The van der Waals surface area contributed by atoms with Gasteiger partial charge in [-0.3, -0.25) is 0 Å². The number of hydrogen-bond donors (Lipinski definition) is 0. The van der Waals surface area contributed by atoms with E-state index in [2.05, 4.69) is 46.9 Å². The van der Waals surface area contributed by atoms with E-state index < -0.39 is 18.4 Å². The third kappa shape index (κ3) is 6.46. The topological polar surface area (TPSA) is 12.9 Å². The predicted molar refractivity (Wildman–Crippen MR) is 83.9 cm³/mol. The van der Waals surface area contributed by atoms with Crippen LogP contribution in [-0.2, 0) is 0 Å². The van der Waals surface area contributed by atoms with Crippen LogP contribution in [-0.4, -0.2) is 23.4 Å². The number of thiazole rings is 1. The van der Waals surface area contributed by atoms with Gasteiger partial charge in [0, 0.05) is 0 Å². The fourth-order valence-electron chi connectivity index (χ4n) is 1.90. The van der Waals surface area contributed by atoms with Gasteiger partial charge in [-0.05, 0) is 0 Å². The van der Waals surface area contributed by atoms with Gasteiger partial charge in [0.25, 0.3) is 0 Å². The minimum atomic E-state index is -1.95. The Morgan fingerprint density at radius 1 is 1.17 bits per heavy atom. The van der Waals surface area contributed by atoms with Crippen LogP contribution in [0.1, 0.15) is 45.5 Å². The first kappa shape index (κ1) is 21.3. The summed E-state index contributed by atoms with van der Waals surface area (Å²) in [5.41, 5.74) is 0. The molecule has 0 atom stereocenters. The molecule has 0 spiro atoms. The molecule has 0 amide bonds. The standard InChI is InChI=1S/C4H4NS.C4H9.3C2H5.Li.Sn/c1-4-5-2-3-6-4;1-3-4-2;3*1-2;;/h3H,1H3;1,3-4H2,2H3;3*1H2,2H3;;/q;-1;;;;+1;. The molecular weight excluding hydrogens is 340 g/mol. The second-order valence-electron chi connectivity index (χ2n) is 4.45. The Morgan fingerprint density at radius 3 is 1.83 bits per heavy atom. The third-order valence-corrected chi connectivity index (χ3v) is 20.3. The molecule has 1 heterocycles. The van der Waals surface area contributed by atoms with Gasteiger partial charge in [-0.1, -0.05) is 13.3 Å². The molecule has 100 valence electrons. The van der Waals surface area contributed by atoms with Crippen molar-refractivity contribution < 1.29 is 18.9 Å². The van der Waals surface area contributed by atoms with E-state index in [-0.39, 0.29) is 18.9 Å². The normalized spacial score (nSPS) is 10.3. The summed E-state index contributed by atoms with van der Waals surface area (Å²) in [5, 5.41) is 3.56. The monoisotopic (exact) mass is 369 g/mol. The van der Waals surface area contributed by atoms with Crippen molar-refractivity contribution in [1.29, 1.82) is 0 Å². The van der Waals surface area contributed by atoms with Gasteiger partial charge in [-0.15, -0.1) is 0 Å². The number of rotatable bonds is 5. The quantitative estimate of drug-likeness (QED) is 0.571. The summed E-state index contributed by atoms with van der Waals surface area (Å²) in [6, 6.07) is 0. The van der Waals surface area contributed by atoms with Crippen molar-refractivity contribution in [3.8, 4) is 0 Å². The van der Waals surface area contributed by atoms with E-state index in [1.165, 1.54) is 28.4 Å². The summed E-state index contributed by atoms with van der Waals surface area (Å²) in [6.45, 7) is 14.9. The molecule has 0 aliphatic carbocycles. The van der Waals surface area contributed by atoms with Gasteiger partial charge in [-0.2, -0.15) is 6.42 Å². The van der Waals surface area contributed by atoms with Crippen LogP contribution in [0.3, 0.4) is 0 Å². The van der Waals surface area contributed by atoms with Gasteiger partial charge < -0.3 is 6.92 Å². The molecule has 0 saturated carbocycles. The van der Waals surface area contributed by atoms with Crippen molar-refractivity contribution >= 4 is 33.4 Å². The maximum atomic E-state index is 4.71. The van der Waals surface area contributed by atoms with Gasteiger partial charge in [0.2, 0.25) is 0 Å². The van der Waals surface area contributed by atoms with Crippen molar-refractivity contribution in [2.75, 3.05) is 0 Å². The van der Waals surface area contributed by atoms with Crippen LogP contribution in [0.15, 0.2) is 5.38 Å². The maximum Gasteiger partial charge on any atom is 1.00 e. The molecule has 1 aromatic rings. The predicted octanol–water partition coefficient (Wildman–Crippen LogP) is 1.79. The second kappa shape index (κ2) is 11.8. The van der Waals surface area contributed by atoms with Crippen LogP contribution in [0.2, 0.25) is 13.3 Å². The average molecular weight is 368 g/mol. The first-order chi connectivity index (χ1) is 8.10. The van der Waals surface area contributed by atoms with Crippen LogP contribution < -0.4 is 22.6 Å². The van der Waals surface area contributed by atoms with Crippen molar-refractivity contribution in [1.82, 2.24) is 4.98 Å². The molecule has 0 aliphatic rings.